The van der Waals surface area contributed by atoms with Crippen LogP contribution in [0.15, 0.2) is 0 Å². The van der Waals surface area contributed by atoms with E-state index in [9.17, 15) is 0 Å². The van der Waals surface area contributed by atoms with Gasteiger partial charge in [0.05, 0.1) is 0 Å². The fourth-order valence-corrected chi connectivity index (χ4v) is 5.23. The Balaban J connectivity index is 0.00000312. The number of nitrogens with two attached hydrogens (primary N) is 1. The molecule has 0 atom stereocenters. The van der Waals surface area contributed by atoms with Crippen LogP contribution in [0.3, 0.4) is 0 Å². The van der Waals surface area contributed by atoms with Crippen LogP contribution >= 0.6 is 12.4 Å². The Morgan fingerprint density at radius 2 is 1.24 bits per heavy atom. The van der Waals surface area contributed by atoms with Crippen molar-refractivity contribution < 1.29 is 0 Å². The highest BCUT2D eigenvalue weighted by Gasteiger charge is 2.43. The van der Waals surface area contributed by atoms with E-state index in [2.05, 4.69) is 11.8 Å². The lowest BCUT2D eigenvalue weighted by molar-refractivity contribution is -0.0107. The lowest BCUT2D eigenvalue weighted by atomic mass is 9.65. The predicted molar refractivity (Wildman–Crippen MR) is 114 cm³/mol. The quantitative estimate of drug-likeness (QED) is 0.362. The van der Waals surface area contributed by atoms with Gasteiger partial charge in [-0.2, -0.15) is 0 Å². The molecule has 150 valence electrons. The van der Waals surface area contributed by atoms with Gasteiger partial charge in [-0.25, -0.2) is 0 Å². The van der Waals surface area contributed by atoms with Crippen LogP contribution in [0, 0.1) is 5.92 Å². The SMILES string of the molecule is CCCCCCCCCCCCN(CCN)C12CCC(CC1)CC2.Cl. The van der Waals surface area contributed by atoms with Crippen molar-refractivity contribution in [2.24, 2.45) is 11.7 Å². The highest BCUT2D eigenvalue weighted by Crippen LogP contribution is 2.47. The Morgan fingerprint density at radius 1 is 0.760 bits per heavy atom. The van der Waals surface area contributed by atoms with Crippen LogP contribution in [0.5, 0.6) is 0 Å². The van der Waals surface area contributed by atoms with Crippen LogP contribution in [0.2, 0.25) is 0 Å². The topological polar surface area (TPSA) is 29.3 Å². The first-order valence-electron chi connectivity index (χ1n) is 11.3. The third-order valence-electron chi connectivity index (χ3n) is 6.91. The van der Waals surface area contributed by atoms with Crippen LogP contribution in [0.25, 0.3) is 0 Å². The molecule has 2 N–H and O–H groups in total. The number of halogens is 1. The normalized spacial score (nSPS) is 25.3. The predicted octanol–water partition coefficient (Wildman–Crippen LogP) is 6.31. The zero-order valence-corrected chi connectivity index (χ0v) is 17.8. The molecule has 2 bridgehead atoms. The molecule has 0 amide bonds. The molecule has 0 radical (unpaired) electrons. The minimum Gasteiger partial charge on any atom is -0.329 e. The molecule has 0 aromatic heterocycles. The van der Waals surface area contributed by atoms with E-state index in [0.717, 1.165) is 19.0 Å². The number of hydrogen-bond acceptors (Lipinski definition) is 2. The van der Waals surface area contributed by atoms with E-state index < -0.39 is 0 Å². The molecule has 25 heavy (non-hydrogen) atoms. The maximum absolute atomic E-state index is 5.94. The third-order valence-corrected chi connectivity index (χ3v) is 6.91. The van der Waals surface area contributed by atoms with Gasteiger partial charge in [0.2, 0.25) is 0 Å². The molecule has 0 aromatic carbocycles. The largest absolute Gasteiger partial charge is 0.329 e. The van der Waals surface area contributed by atoms with Crippen molar-refractivity contribution in [3.63, 3.8) is 0 Å². The molecule has 0 heterocycles. The van der Waals surface area contributed by atoms with Crippen molar-refractivity contribution in [1.82, 2.24) is 4.90 Å². The molecule has 3 saturated carbocycles. The van der Waals surface area contributed by atoms with Crippen molar-refractivity contribution in [3.8, 4) is 0 Å². The zero-order valence-electron chi connectivity index (χ0n) is 16.9. The minimum atomic E-state index is 0. The summed E-state index contributed by atoms with van der Waals surface area (Å²) in [5.41, 5.74) is 6.49. The summed E-state index contributed by atoms with van der Waals surface area (Å²) in [6.45, 7) is 5.57. The van der Waals surface area contributed by atoms with E-state index in [4.69, 9.17) is 5.73 Å². The summed E-state index contributed by atoms with van der Waals surface area (Å²) in [7, 11) is 0. The van der Waals surface area contributed by atoms with E-state index in [1.54, 1.807) is 0 Å². The molecule has 0 saturated heterocycles. The van der Waals surface area contributed by atoms with E-state index in [0.29, 0.717) is 5.54 Å². The number of fused-ring (bicyclic) bond motifs is 3. The molecular formula is C22H45ClN2. The molecule has 0 spiro atoms. The summed E-state index contributed by atoms with van der Waals surface area (Å²) in [6.07, 6.45) is 23.2. The third kappa shape index (κ3) is 7.77. The van der Waals surface area contributed by atoms with Crippen LogP contribution in [0.4, 0.5) is 0 Å². The number of unbranched alkanes of at least 4 members (excludes halogenated alkanes) is 9. The lowest BCUT2D eigenvalue weighted by Crippen LogP contribution is -2.55. The molecule has 3 rings (SSSR count). The van der Waals surface area contributed by atoms with Gasteiger partial charge in [0.15, 0.2) is 0 Å². The van der Waals surface area contributed by atoms with Crippen LogP contribution in [-0.4, -0.2) is 30.1 Å². The standard InChI is InChI=1S/C22H44N2.ClH/c1-2-3-4-5-6-7-8-9-10-11-19-24(20-18-23)22-15-12-21(13-16-22)14-17-22;/h21H,2-20,23H2,1H3;1H. The molecule has 3 heteroatoms. The first-order valence-corrected chi connectivity index (χ1v) is 11.3. The van der Waals surface area contributed by atoms with Crippen molar-refractivity contribution in [2.45, 2.75) is 115 Å². The Labute approximate surface area is 164 Å². The van der Waals surface area contributed by atoms with Gasteiger partial charge in [-0.15, -0.1) is 12.4 Å². The van der Waals surface area contributed by atoms with Gasteiger partial charge in [-0.1, -0.05) is 64.7 Å². The minimum absolute atomic E-state index is 0. The van der Waals surface area contributed by atoms with Crippen molar-refractivity contribution >= 4 is 12.4 Å². The maximum atomic E-state index is 5.94. The summed E-state index contributed by atoms with van der Waals surface area (Å²) < 4.78 is 0. The zero-order chi connectivity index (χ0) is 17.1. The molecule has 2 nitrogen and oxygen atoms in total. The summed E-state index contributed by atoms with van der Waals surface area (Å²) in [6, 6.07) is 0. The number of nitrogens with zero attached hydrogens (tertiary/aromatic N) is 1. The van der Waals surface area contributed by atoms with Gasteiger partial charge in [0.1, 0.15) is 0 Å². The summed E-state index contributed by atoms with van der Waals surface area (Å²) in [5, 5.41) is 0. The van der Waals surface area contributed by atoms with Crippen LogP contribution in [-0.2, 0) is 0 Å². The van der Waals surface area contributed by atoms with Crippen molar-refractivity contribution in [2.75, 3.05) is 19.6 Å². The Bertz CT molecular complexity index is 299. The highest BCUT2D eigenvalue weighted by molar-refractivity contribution is 5.85. The van der Waals surface area contributed by atoms with Gasteiger partial charge in [0.25, 0.3) is 0 Å². The van der Waals surface area contributed by atoms with E-state index in [1.807, 2.05) is 0 Å². The average molecular weight is 373 g/mol. The first kappa shape index (κ1) is 23.2. The Kier molecular flexibility index (Phi) is 12.5. The molecular weight excluding hydrogens is 328 g/mol. The summed E-state index contributed by atoms with van der Waals surface area (Å²) >= 11 is 0. The molecule has 0 unspecified atom stereocenters. The second-order valence-corrected chi connectivity index (χ2v) is 8.66. The molecule has 3 fully saturated rings. The monoisotopic (exact) mass is 372 g/mol. The average Bonchev–Trinajstić information content (AvgIpc) is 2.64. The fraction of sp³-hybridized carbons (Fsp3) is 1.00. The smallest absolute Gasteiger partial charge is 0.0210 e. The van der Waals surface area contributed by atoms with Gasteiger partial charge in [0, 0.05) is 18.6 Å². The highest BCUT2D eigenvalue weighted by atomic mass is 35.5. The second-order valence-electron chi connectivity index (χ2n) is 8.66. The van der Waals surface area contributed by atoms with Gasteiger partial charge < -0.3 is 5.73 Å². The van der Waals surface area contributed by atoms with Gasteiger partial charge in [-0.3, -0.25) is 4.90 Å². The molecule has 3 aliphatic rings. The molecule has 0 aliphatic heterocycles. The molecule has 3 aliphatic carbocycles. The fourth-order valence-electron chi connectivity index (χ4n) is 5.23. The van der Waals surface area contributed by atoms with Crippen molar-refractivity contribution in [1.29, 1.82) is 0 Å². The van der Waals surface area contributed by atoms with E-state index in [-0.39, 0.29) is 12.4 Å². The maximum Gasteiger partial charge on any atom is 0.0210 e. The Morgan fingerprint density at radius 3 is 1.72 bits per heavy atom. The number of hydrogen-bond donors (Lipinski definition) is 1. The first-order chi connectivity index (χ1) is 11.8. The van der Waals surface area contributed by atoms with E-state index in [1.165, 1.54) is 109 Å². The van der Waals surface area contributed by atoms with Gasteiger partial charge >= 0.3 is 0 Å². The Hall–Kier alpha value is 0.210. The van der Waals surface area contributed by atoms with Crippen molar-refractivity contribution in [3.05, 3.63) is 0 Å². The van der Waals surface area contributed by atoms with E-state index >= 15 is 0 Å². The number of rotatable bonds is 14. The summed E-state index contributed by atoms with van der Waals surface area (Å²) in [5.74, 6) is 1.06. The van der Waals surface area contributed by atoms with Gasteiger partial charge in [-0.05, 0) is 57.4 Å². The summed E-state index contributed by atoms with van der Waals surface area (Å²) in [4.78, 5) is 2.81. The van der Waals surface area contributed by atoms with Crippen LogP contribution in [0.1, 0.15) is 110 Å². The van der Waals surface area contributed by atoms with Crippen LogP contribution < -0.4 is 5.73 Å². The molecule has 0 aromatic rings. The second kappa shape index (κ2) is 13.4. The lowest BCUT2D eigenvalue weighted by Gasteiger charge is -2.53.